The fourth-order valence-corrected chi connectivity index (χ4v) is 4.01. The molecule has 2 aliphatic rings. The fourth-order valence-electron chi connectivity index (χ4n) is 4.01. The van der Waals surface area contributed by atoms with Gasteiger partial charge in [0, 0.05) is 44.5 Å². The lowest BCUT2D eigenvalue weighted by Gasteiger charge is -2.41. The Bertz CT molecular complexity index is 685. The van der Waals surface area contributed by atoms with Crippen molar-refractivity contribution in [2.24, 2.45) is 0 Å². The quantitative estimate of drug-likeness (QED) is 0.862. The number of anilines is 3. The summed E-state index contributed by atoms with van der Waals surface area (Å²) in [5.74, 6) is 1.04. The van der Waals surface area contributed by atoms with Gasteiger partial charge in [-0.3, -0.25) is 4.90 Å². The smallest absolute Gasteiger partial charge is 0.133 e. The molecule has 0 saturated carbocycles. The molecule has 126 valence electrons. The lowest BCUT2D eigenvalue weighted by Crippen LogP contribution is -2.46. The third-order valence-electron chi connectivity index (χ3n) is 5.34. The molecule has 0 radical (unpaired) electrons. The molecule has 4 nitrogen and oxygen atoms in total. The molecule has 0 N–H and O–H groups in total. The summed E-state index contributed by atoms with van der Waals surface area (Å²) in [6, 6.07) is 16.2. The summed E-state index contributed by atoms with van der Waals surface area (Å²) >= 11 is 0. The van der Waals surface area contributed by atoms with Crippen molar-refractivity contribution in [3.8, 4) is 0 Å². The molecule has 0 bridgehead atoms. The Morgan fingerprint density at radius 2 is 1.75 bits per heavy atom. The number of pyridine rings is 1. The molecule has 1 aromatic heterocycles. The predicted octanol–water partition coefficient (Wildman–Crippen LogP) is 3.52. The van der Waals surface area contributed by atoms with Gasteiger partial charge in [0.1, 0.15) is 5.82 Å². The van der Waals surface area contributed by atoms with E-state index in [0.29, 0.717) is 12.1 Å². The summed E-state index contributed by atoms with van der Waals surface area (Å²) in [5.41, 5.74) is 2.63. The number of nitrogens with zero attached hydrogens (tertiary/aromatic N) is 4. The van der Waals surface area contributed by atoms with Crippen LogP contribution in [0.4, 0.5) is 17.2 Å². The second-order valence-electron chi connectivity index (χ2n) is 7.05. The molecular weight excluding hydrogens is 296 g/mol. The van der Waals surface area contributed by atoms with Crippen molar-refractivity contribution in [3.05, 3.63) is 48.7 Å². The van der Waals surface area contributed by atoms with Gasteiger partial charge in [-0.15, -0.1) is 0 Å². The van der Waals surface area contributed by atoms with E-state index in [2.05, 4.69) is 69.9 Å². The van der Waals surface area contributed by atoms with Gasteiger partial charge >= 0.3 is 0 Å². The fraction of sp³-hybridized carbons (Fsp3) is 0.450. The highest BCUT2D eigenvalue weighted by atomic mass is 15.3. The van der Waals surface area contributed by atoms with Gasteiger partial charge in [0.2, 0.25) is 0 Å². The van der Waals surface area contributed by atoms with E-state index in [9.17, 15) is 0 Å². The molecule has 1 fully saturated rings. The van der Waals surface area contributed by atoms with Gasteiger partial charge in [0.05, 0.1) is 11.4 Å². The van der Waals surface area contributed by atoms with Gasteiger partial charge in [0.15, 0.2) is 0 Å². The first kappa shape index (κ1) is 15.5. The second kappa shape index (κ2) is 6.44. The number of para-hydroxylation sites is 2. The van der Waals surface area contributed by atoms with Gasteiger partial charge in [0.25, 0.3) is 0 Å². The molecule has 2 aliphatic heterocycles. The molecule has 1 saturated heterocycles. The van der Waals surface area contributed by atoms with Crippen LogP contribution in [0.15, 0.2) is 48.7 Å². The summed E-state index contributed by atoms with van der Waals surface area (Å²) in [7, 11) is 0. The summed E-state index contributed by atoms with van der Waals surface area (Å²) in [6.07, 6.45) is 3.14. The Morgan fingerprint density at radius 3 is 2.46 bits per heavy atom. The van der Waals surface area contributed by atoms with Crippen molar-refractivity contribution in [1.29, 1.82) is 0 Å². The molecule has 24 heavy (non-hydrogen) atoms. The van der Waals surface area contributed by atoms with E-state index in [1.54, 1.807) is 0 Å². The Balaban J connectivity index is 1.63. The van der Waals surface area contributed by atoms with Crippen LogP contribution in [0.2, 0.25) is 0 Å². The summed E-state index contributed by atoms with van der Waals surface area (Å²) in [6.45, 7) is 9.04. The number of likely N-dealkylation sites (tertiary alicyclic amines) is 1. The lowest BCUT2D eigenvalue weighted by atomic mass is 10.1. The maximum Gasteiger partial charge on any atom is 0.133 e. The van der Waals surface area contributed by atoms with E-state index in [4.69, 9.17) is 0 Å². The van der Waals surface area contributed by atoms with Crippen molar-refractivity contribution >= 4 is 17.2 Å². The van der Waals surface area contributed by atoms with E-state index in [1.807, 2.05) is 12.3 Å². The number of hydrogen-bond donors (Lipinski definition) is 0. The van der Waals surface area contributed by atoms with E-state index < -0.39 is 0 Å². The molecule has 0 spiro atoms. The number of hydrogen-bond acceptors (Lipinski definition) is 4. The van der Waals surface area contributed by atoms with Crippen molar-refractivity contribution < 1.29 is 0 Å². The SMILES string of the molecule is CC(C)N1CC[C@H](N2CCN(c3ccccn3)c3ccccc32)C1. The van der Waals surface area contributed by atoms with Crippen LogP contribution in [-0.4, -0.2) is 48.1 Å². The Labute approximate surface area is 144 Å². The second-order valence-corrected chi connectivity index (χ2v) is 7.05. The maximum atomic E-state index is 4.56. The zero-order chi connectivity index (χ0) is 16.5. The standard InChI is InChI=1S/C20H26N4/c1-16(2)22-12-10-17(15-22)23-13-14-24(20-9-5-6-11-21-20)19-8-4-3-7-18(19)23/h3-9,11,16-17H,10,12-15H2,1-2H3/t17-/m0/s1. The highest BCUT2D eigenvalue weighted by Crippen LogP contribution is 2.38. The van der Waals surface area contributed by atoms with Gasteiger partial charge in [-0.25, -0.2) is 4.98 Å². The number of benzene rings is 1. The number of fused-ring (bicyclic) bond motifs is 1. The molecule has 0 unspecified atom stereocenters. The van der Waals surface area contributed by atoms with Gasteiger partial charge in [-0.1, -0.05) is 18.2 Å². The average molecular weight is 322 g/mol. The highest BCUT2D eigenvalue weighted by molar-refractivity contribution is 5.78. The third-order valence-corrected chi connectivity index (χ3v) is 5.34. The van der Waals surface area contributed by atoms with Gasteiger partial charge in [-0.05, 0) is 44.5 Å². The van der Waals surface area contributed by atoms with Crippen LogP contribution in [0, 0.1) is 0 Å². The topological polar surface area (TPSA) is 22.6 Å². The van der Waals surface area contributed by atoms with E-state index in [0.717, 1.165) is 18.9 Å². The third kappa shape index (κ3) is 2.75. The van der Waals surface area contributed by atoms with E-state index in [-0.39, 0.29) is 0 Å². The van der Waals surface area contributed by atoms with Crippen LogP contribution >= 0.6 is 0 Å². The number of aromatic nitrogens is 1. The van der Waals surface area contributed by atoms with Crippen molar-refractivity contribution in [2.75, 3.05) is 36.0 Å². The first-order chi connectivity index (χ1) is 11.7. The Kier molecular flexibility index (Phi) is 4.15. The molecule has 4 heteroatoms. The molecule has 4 rings (SSSR count). The van der Waals surface area contributed by atoms with Gasteiger partial charge < -0.3 is 9.80 Å². The molecule has 2 aromatic rings. The molecule has 3 heterocycles. The summed E-state index contributed by atoms with van der Waals surface area (Å²) in [4.78, 5) is 12.1. The minimum absolute atomic E-state index is 0.624. The number of rotatable bonds is 3. The summed E-state index contributed by atoms with van der Waals surface area (Å²) in [5, 5.41) is 0. The van der Waals surface area contributed by atoms with Crippen LogP contribution < -0.4 is 9.80 Å². The first-order valence-electron chi connectivity index (χ1n) is 9.02. The van der Waals surface area contributed by atoms with Crippen LogP contribution in [0.5, 0.6) is 0 Å². The zero-order valence-electron chi connectivity index (χ0n) is 14.6. The van der Waals surface area contributed by atoms with E-state index >= 15 is 0 Å². The summed E-state index contributed by atoms with van der Waals surface area (Å²) < 4.78 is 0. The molecular formula is C20H26N4. The molecule has 0 aliphatic carbocycles. The maximum absolute atomic E-state index is 4.56. The largest absolute Gasteiger partial charge is 0.364 e. The zero-order valence-corrected chi connectivity index (χ0v) is 14.6. The monoisotopic (exact) mass is 322 g/mol. The lowest BCUT2D eigenvalue weighted by molar-refractivity contribution is 0.271. The molecule has 1 aromatic carbocycles. The van der Waals surface area contributed by atoms with Crippen molar-refractivity contribution in [2.45, 2.75) is 32.4 Å². The minimum atomic E-state index is 0.624. The highest BCUT2D eigenvalue weighted by Gasteiger charge is 2.33. The predicted molar refractivity (Wildman–Crippen MR) is 100 cm³/mol. The van der Waals surface area contributed by atoms with E-state index in [1.165, 1.54) is 30.9 Å². The molecule has 1 atom stereocenters. The van der Waals surface area contributed by atoms with Crippen LogP contribution in [0.3, 0.4) is 0 Å². The van der Waals surface area contributed by atoms with Crippen LogP contribution in [0.25, 0.3) is 0 Å². The Morgan fingerprint density at radius 1 is 0.958 bits per heavy atom. The van der Waals surface area contributed by atoms with Crippen LogP contribution in [0.1, 0.15) is 20.3 Å². The molecule has 0 amide bonds. The normalized spacial score (nSPS) is 21.4. The van der Waals surface area contributed by atoms with Crippen molar-refractivity contribution in [3.63, 3.8) is 0 Å². The Hall–Kier alpha value is -2.07. The first-order valence-corrected chi connectivity index (χ1v) is 9.02. The van der Waals surface area contributed by atoms with Crippen molar-refractivity contribution in [1.82, 2.24) is 9.88 Å². The van der Waals surface area contributed by atoms with Crippen LogP contribution in [-0.2, 0) is 0 Å². The average Bonchev–Trinajstić information content (AvgIpc) is 3.12. The minimum Gasteiger partial charge on any atom is -0.364 e. The van der Waals surface area contributed by atoms with Gasteiger partial charge in [-0.2, -0.15) is 0 Å².